The van der Waals surface area contributed by atoms with Crippen molar-refractivity contribution in [1.82, 2.24) is 9.88 Å². The Morgan fingerprint density at radius 1 is 1.25 bits per heavy atom. The number of rotatable bonds is 2. The molecule has 2 heterocycles. The quantitative estimate of drug-likeness (QED) is 0.723. The van der Waals surface area contributed by atoms with Crippen molar-refractivity contribution in [1.29, 1.82) is 0 Å². The van der Waals surface area contributed by atoms with Gasteiger partial charge in [-0.1, -0.05) is 12.1 Å². The third-order valence-electron chi connectivity index (χ3n) is 4.06. The van der Waals surface area contributed by atoms with Gasteiger partial charge in [0.05, 0.1) is 16.6 Å². The predicted molar refractivity (Wildman–Crippen MR) is 84.3 cm³/mol. The molecule has 2 aromatic rings. The Labute approximate surface area is 143 Å². The van der Waals surface area contributed by atoms with Gasteiger partial charge >= 0.3 is 6.18 Å². The number of H-pyrrole nitrogens is 1. The van der Waals surface area contributed by atoms with Gasteiger partial charge < -0.3 is 9.88 Å². The molecule has 1 aliphatic heterocycles. The molecule has 0 saturated heterocycles. The maximum atomic E-state index is 13.1. The number of nitrogens with one attached hydrogen (secondary N) is 1. The minimum absolute atomic E-state index is 0.0127. The van der Waals surface area contributed by atoms with E-state index in [1.165, 1.54) is 36.2 Å². The van der Waals surface area contributed by atoms with E-state index in [9.17, 15) is 22.4 Å². The fraction of sp³-hybridized carbons (Fsp3) is 0.312. The van der Waals surface area contributed by atoms with Crippen LogP contribution in [0.3, 0.4) is 0 Å². The maximum Gasteiger partial charge on any atom is 0.389 e. The summed E-state index contributed by atoms with van der Waals surface area (Å²) in [5.41, 5.74) is 1.47. The van der Waals surface area contributed by atoms with Crippen molar-refractivity contribution in [3.05, 3.63) is 45.9 Å². The van der Waals surface area contributed by atoms with Crippen LogP contribution in [-0.2, 0) is 0 Å². The van der Waals surface area contributed by atoms with E-state index in [4.69, 9.17) is 0 Å². The lowest BCUT2D eigenvalue weighted by atomic mass is 9.90. The number of carbonyl (C=O) groups is 1. The van der Waals surface area contributed by atoms with Crippen LogP contribution in [0.15, 0.2) is 28.9 Å². The highest BCUT2D eigenvalue weighted by Gasteiger charge is 2.41. The number of aromatic amines is 1. The second-order valence-corrected chi connectivity index (χ2v) is 6.60. The van der Waals surface area contributed by atoms with Crippen molar-refractivity contribution in [3.8, 4) is 11.1 Å². The largest absolute Gasteiger partial charge is 0.389 e. The van der Waals surface area contributed by atoms with Crippen molar-refractivity contribution in [3.63, 3.8) is 0 Å². The summed E-state index contributed by atoms with van der Waals surface area (Å²) >= 11 is 3.29. The lowest BCUT2D eigenvalue weighted by Crippen LogP contribution is -2.38. The Morgan fingerprint density at radius 2 is 1.88 bits per heavy atom. The average molecular weight is 405 g/mol. The van der Waals surface area contributed by atoms with Gasteiger partial charge in [-0.3, -0.25) is 4.79 Å². The molecule has 8 heteroatoms. The highest BCUT2D eigenvalue weighted by atomic mass is 79.9. The van der Waals surface area contributed by atoms with E-state index < -0.39 is 24.3 Å². The summed E-state index contributed by atoms with van der Waals surface area (Å²) in [7, 11) is 1.48. The molecule has 0 aliphatic carbocycles. The summed E-state index contributed by atoms with van der Waals surface area (Å²) in [4.78, 5) is 16.7. The number of fused-ring (bicyclic) bond motifs is 1. The Bertz CT molecular complexity index is 783. The van der Waals surface area contributed by atoms with E-state index in [2.05, 4.69) is 20.9 Å². The number of benzene rings is 1. The summed E-state index contributed by atoms with van der Waals surface area (Å²) in [6.07, 6.45) is -5.36. The van der Waals surface area contributed by atoms with E-state index in [1.54, 1.807) is 0 Å². The first-order chi connectivity index (χ1) is 11.2. The number of likely N-dealkylation sites (N-methyl/N-ethyl adjacent to an activating group) is 1. The van der Waals surface area contributed by atoms with Gasteiger partial charge in [0.15, 0.2) is 0 Å². The van der Waals surface area contributed by atoms with E-state index in [0.29, 0.717) is 15.7 Å². The first kappa shape index (κ1) is 17.0. The number of hydrogen-bond donors (Lipinski definition) is 1. The average Bonchev–Trinajstić information content (AvgIpc) is 2.82. The van der Waals surface area contributed by atoms with E-state index >= 15 is 0 Å². The van der Waals surface area contributed by atoms with Gasteiger partial charge in [0.25, 0.3) is 5.91 Å². The number of aromatic nitrogens is 1. The third kappa shape index (κ3) is 3.07. The molecule has 24 heavy (non-hydrogen) atoms. The van der Waals surface area contributed by atoms with Crippen molar-refractivity contribution < 1.29 is 22.4 Å². The van der Waals surface area contributed by atoms with Crippen LogP contribution in [0.2, 0.25) is 0 Å². The number of nitrogens with zero attached hydrogens (tertiary/aromatic N) is 1. The molecule has 0 radical (unpaired) electrons. The Balaban J connectivity index is 2.14. The third-order valence-corrected chi connectivity index (χ3v) is 4.65. The molecule has 1 aromatic carbocycles. The van der Waals surface area contributed by atoms with Crippen LogP contribution in [0.25, 0.3) is 11.1 Å². The zero-order valence-corrected chi connectivity index (χ0v) is 14.1. The van der Waals surface area contributed by atoms with Gasteiger partial charge in [0.2, 0.25) is 0 Å². The lowest BCUT2D eigenvalue weighted by molar-refractivity contribution is -0.139. The minimum atomic E-state index is -4.34. The fourth-order valence-corrected chi connectivity index (χ4v) is 3.69. The second-order valence-electron chi connectivity index (χ2n) is 5.81. The van der Waals surface area contributed by atoms with Crippen molar-refractivity contribution in [2.24, 2.45) is 0 Å². The summed E-state index contributed by atoms with van der Waals surface area (Å²) < 4.78 is 52.1. The predicted octanol–water partition coefficient (Wildman–Crippen LogP) is 4.70. The highest BCUT2D eigenvalue weighted by molar-refractivity contribution is 9.10. The van der Waals surface area contributed by atoms with Crippen LogP contribution in [-0.4, -0.2) is 35.6 Å². The van der Waals surface area contributed by atoms with E-state index in [-0.39, 0.29) is 23.7 Å². The zero-order chi connectivity index (χ0) is 17.6. The number of amides is 1. The van der Waals surface area contributed by atoms with Crippen LogP contribution in [0.1, 0.15) is 28.4 Å². The van der Waals surface area contributed by atoms with Gasteiger partial charge in [-0.05, 0) is 33.6 Å². The Morgan fingerprint density at radius 3 is 2.46 bits per heavy atom. The van der Waals surface area contributed by atoms with E-state index in [1.807, 2.05) is 0 Å². The monoisotopic (exact) mass is 404 g/mol. The molecule has 3 nitrogen and oxygen atoms in total. The molecule has 0 spiro atoms. The number of alkyl halides is 3. The van der Waals surface area contributed by atoms with Gasteiger partial charge in [0, 0.05) is 30.8 Å². The maximum absolute atomic E-state index is 13.1. The van der Waals surface area contributed by atoms with Crippen LogP contribution < -0.4 is 0 Å². The molecule has 3 rings (SSSR count). The smallest absolute Gasteiger partial charge is 0.352 e. The first-order valence-electron chi connectivity index (χ1n) is 7.17. The SMILES string of the molecule is CN1CC(CC(F)(F)F)c2[nH]c(Br)c(-c3ccc(F)cc3)c2C1=O. The zero-order valence-electron chi connectivity index (χ0n) is 12.5. The molecule has 0 saturated carbocycles. The summed E-state index contributed by atoms with van der Waals surface area (Å²) in [5.74, 6) is -1.66. The lowest BCUT2D eigenvalue weighted by Gasteiger charge is -2.30. The fourth-order valence-electron chi connectivity index (χ4n) is 3.05. The number of halogens is 5. The molecule has 1 unspecified atom stereocenters. The molecule has 0 bridgehead atoms. The summed E-state index contributed by atoms with van der Waals surface area (Å²) in [5, 5.41) is 0. The topological polar surface area (TPSA) is 36.1 Å². The second kappa shape index (κ2) is 5.91. The van der Waals surface area contributed by atoms with Crippen LogP contribution in [0.4, 0.5) is 17.6 Å². The standard InChI is InChI=1S/C16H13BrF4N2O/c1-23-7-9(6-16(19,20)21)13-12(15(23)24)11(14(17)22-13)8-2-4-10(18)5-3-8/h2-5,9,22H,6-7H2,1H3. The first-order valence-corrected chi connectivity index (χ1v) is 7.96. The van der Waals surface area contributed by atoms with Crippen molar-refractivity contribution in [2.75, 3.05) is 13.6 Å². The summed E-state index contributed by atoms with van der Waals surface area (Å²) in [6, 6.07) is 5.46. The summed E-state index contributed by atoms with van der Waals surface area (Å²) in [6.45, 7) is -0.0127. The van der Waals surface area contributed by atoms with Gasteiger partial charge in [-0.15, -0.1) is 0 Å². The van der Waals surface area contributed by atoms with Gasteiger partial charge in [-0.25, -0.2) is 4.39 Å². The number of carbonyl (C=O) groups excluding carboxylic acids is 1. The van der Waals surface area contributed by atoms with Crippen LogP contribution in [0, 0.1) is 5.82 Å². The molecule has 1 amide bonds. The number of hydrogen-bond acceptors (Lipinski definition) is 1. The molecular weight excluding hydrogens is 392 g/mol. The van der Waals surface area contributed by atoms with Crippen molar-refractivity contribution >= 4 is 21.8 Å². The normalized spacial score (nSPS) is 18.0. The molecular formula is C16H13BrF4N2O. The van der Waals surface area contributed by atoms with Gasteiger partial charge in [-0.2, -0.15) is 13.2 Å². The van der Waals surface area contributed by atoms with Crippen LogP contribution in [0.5, 0.6) is 0 Å². The molecule has 1 N–H and O–H groups in total. The minimum Gasteiger partial charge on any atom is -0.352 e. The highest BCUT2D eigenvalue weighted by Crippen LogP contribution is 2.43. The van der Waals surface area contributed by atoms with E-state index in [0.717, 1.165) is 0 Å². The van der Waals surface area contributed by atoms with Crippen LogP contribution >= 0.6 is 15.9 Å². The molecule has 128 valence electrons. The molecule has 1 aliphatic rings. The molecule has 0 fully saturated rings. The Kier molecular flexibility index (Phi) is 4.19. The molecule has 1 aromatic heterocycles. The van der Waals surface area contributed by atoms with Gasteiger partial charge in [0.1, 0.15) is 5.82 Å². The van der Waals surface area contributed by atoms with Crippen molar-refractivity contribution in [2.45, 2.75) is 18.5 Å². The Hall–Kier alpha value is -1.83. The molecule has 1 atom stereocenters.